The molecular weight excluding hydrogens is 416 g/mol. The number of carboxylic acid groups (broad SMARTS) is 2. The van der Waals surface area contributed by atoms with Crippen LogP contribution in [0.3, 0.4) is 0 Å². The number of carbonyl (C=O) groups is 2. The van der Waals surface area contributed by atoms with E-state index in [2.05, 4.69) is 41.5 Å². The average Bonchev–Trinajstić information content (AvgIpc) is 2.66. The lowest BCUT2D eigenvalue weighted by Crippen LogP contribution is -2.39. The molecule has 0 bridgehead atoms. The molecular formula is C24H46O8. The van der Waals surface area contributed by atoms with E-state index < -0.39 is 24.1 Å². The van der Waals surface area contributed by atoms with Crippen LogP contribution in [0.15, 0.2) is 0 Å². The maximum absolute atomic E-state index is 9.77. The van der Waals surface area contributed by atoms with Gasteiger partial charge in [-0.25, -0.2) is 9.59 Å². The van der Waals surface area contributed by atoms with Gasteiger partial charge in [0.15, 0.2) is 12.2 Å². The van der Waals surface area contributed by atoms with E-state index >= 15 is 0 Å². The van der Waals surface area contributed by atoms with Gasteiger partial charge < -0.3 is 30.6 Å². The van der Waals surface area contributed by atoms with Gasteiger partial charge in [-0.05, 0) is 61.2 Å². The predicted molar refractivity (Wildman–Crippen MR) is 122 cm³/mol. The molecule has 8 unspecified atom stereocenters. The summed E-state index contributed by atoms with van der Waals surface area (Å²) < 4.78 is 0. The van der Waals surface area contributed by atoms with E-state index in [9.17, 15) is 19.8 Å². The summed E-state index contributed by atoms with van der Waals surface area (Å²) >= 11 is 0. The van der Waals surface area contributed by atoms with Crippen molar-refractivity contribution in [3.05, 3.63) is 0 Å². The average molecular weight is 463 g/mol. The van der Waals surface area contributed by atoms with Gasteiger partial charge in [0.2, 0.25) is 0 Å². The first kappa shape index (κ1) is 30.8. The largest absolute Gasteiger partial charge is 0.479 e. The van der Waals surface area contributed by atoms with Crippen molar-refractivity contribution < 1.29 is 40.2 Å². The van der Waals surface area contributed by atoms with Gasteiger partial charge in [-0.15, -0.1) is 0 Å². The molecule has 190 valence electrons. The van der Waals surface area contributed by atoms with Crippen molar-refractivity contribution in [2.75, 3.05) is 0 Å². The van der Waals surface area contributed by atoms with Crippen molar-refractivity contribution in [3.63, 3.8) is 0 Å². The summed E-state index contributed by atoms with van der Waals surface area (Å²) in [5.41, 5.74) is 0. The normalized spacial score (nSPS) is 32.1. The zero-order valence-electron chi connectivity index (χ0n) is 20.5. The number of carboxylic acids is 2. The topological polar surface area (TPSA) is 156 Å². The molecule has 0 aromatic rings. The van der Waals surface area contributed by atoms with Crippen LogP contribution in [0.4, 0.5) is 0 Å². The fourth-order valence-electron chi connectivity index (χ4n) is 4.57. The smallest absolute Gasteiger partial charge is 0.335 e. The molecule has 0 aliphatic heterocycles. The quantitative estimate of drug-likeness (QED) is 0.364. The Morgan fingerprint density at radius 2 is 0.938 bits per heavy atom. The van der Waals surface area contributed by atoms with Crippen molar-refractivity contribution in [3.8, 4) is 0 Å². The van der Waals surface area contributed by atoms with Crippen molar-refractivity contribution >= 4 is 11.9 Å². The molecule has 2 saturated carbocycles. The third-order valence-electron chi connectivity index (χ3n) is 6.78. The monoisotopic (exact) mass is 462 g/mol. The van der Waals surface area contributed by atoms with Crippen LogP contribution in [0, 0.1) is 35.5 Å². The molecule has 0 heterocycles. The Kier molecular flexibility index (Phi) is 14.3. The van der Waals surface area contributed by atoms with Gasteiger partial charge >= 0.3 is 11.9 Å². The van der Waals surface area contributed by atoms with Gasteiger partial charge in [0, 0.05) is 0 Å². The molecule has 2 aliphatic carbocycles. The summed E-state index contributed by atoms with van der Waals surface area (Å²) in [5, 5.41) is 51.9. The van der Waals surface area contributed by atoms with Gasteiger partial charge in [-0.2, -0.15) is 0 Å². The number of aliphatic hydroxyl groups is 4. The van der Waals surface area contributed by atoms with E-state index in [1.165, 1.54) is 25.7 Å². The molecule has 32 heavy (non-hydrogen) atoms. The Hall–Kier alpha value is -1.22. The van der Waals surface area contributed by atoms with Crippen LogP contribution >= 0.6 is 0 Å². The van der Waals surface area contributed by atoms with Gasteiger partial charge in [0.25, 0.3) is 0 Å². The number of hydrogen-bond donors (Lipinski definition) is 6. The first-order valence-electron chi connectivity index (χ1n) is 11.9. The molecule has 2 aliphatic rings. The van der Waals surface area contributed by atoms with Crippen LogP contribution < -0.4 is 0 Å². The highest BCUT2D eigenvalue weighted by atomic mass is 16.4. The zero-order valence-corrected chi connectivity index (χ0v) is 20.5. The van der Waals surface area contributed by atoms with Crippen LogP contribution in [0.1, 0.15) is 80.1 Å². The Labute approximate surface area is 192 Å². The second-order valence-corrected chi connectivity index (χ2v) is 10.4. The fourth-order valence-corrected chi connectivity index (χ4v) is 4.57. The van der Waals surface area contributed by atoms with Gasteiger partial charge in [0.05, 0.1) is 12.2 Å². The summed E-state index contributed by atoms with van der Waals surface area (Å²) in [7, 11) is 0. The second kappa shape index (κ2) is 14.8. The minimum atomic E-state index is -2.27. The third kappa shape index (κ3) is 11.1. The first-order chi connectivity index (χ1) is 14.7. The Morgan fingerprint density at radius 1 is 0.656 bits per heavy atom. The Morgan fingerprint density at radius 3 is 1.12 bits per heavy atom. The molecule has 8 heteroatoms. The fraction of sp³-hybridized carbons (Fsp3) is 0.917. The molecule has 0 aromatic carbocycles. The van der Waals surface area contributed by atoms with Gasteiger partial charge in [-0.1, -0.05) is 54.4 Å². The summed E-state index contributed by atoms with van der Waals surface area (Å²) in [6.07, 6.45) is 2.50. The van der Waals surface area contributed by atoms with E-state index in [0.29, 0.717) is 23.7 Å². The lowest BCUT2D eigenvalue weighted by Gasteiger charge is -2.33. The van der Waals surface area contributed by atoms with E-state index in [0.717, 1.165) is 24.7 Å². The van der Waals surface area contributed by atoms with E-state index in [4.69, 9.17) is 20.4 Å². The number of rotatable bonds is 5. The van der Waals surface area contributed by atoms with Crippen LogP contribution in [-0.2, 0) is 9.59 Å². The van der Waals surface area contributed by atoms with E-state index in [-0.39, 0.29) is 12.2 Å². The zero-order chi connectivity index (χ0) is 25.2. The third-order valence-corrected chi connectivity index (χ3v) is 6.78. The van der Waals surface area contributed by atoms with Crippen molar-refractivity contribution in [1.29, 1.82) is 0 Å². The molecule has 6 N–H and O–H groups in total. The Balaban J connectivity index is 0.000000452. The molecule has 0 amide bonds. The predicted octanol–water partition coefficient (Wildman–Crippen LogP) is 2.76. The molecule has 8 atom stereocenters. The number of aliphatic carboxylic acids is 2. The first-order valence-corrected chi connectivity index (χ1v) is 11.9. The minimum Gasteiger partial charge on any atom is -0.479 e. The molecule has 2 rings (SSSR count). The van der Waals surface area contributed by atoms with Gasteiger partial charge in [0.1, 0.15) is 0 Å². The second-order valence-electron chi connectivity index (χ2n) is 10.4. The highest BCUT2D eigenvalue weighted by Gasteiger charge is 2.30. The van der Waals surface area contributed by atoms with Crippen LogP contribution in [-0.4, -0.2) is 67.0 Å². The number of hydrogen-bond acceptors (Lipinski definition) is 6. The Bertz CT molecular complexity index is 502. The maximum Gasteiger partial charge on any atom is 0.335 e. The maximum atomic E-state index is 9.77. The van der Waals surface area contributed by atoms with E-state index in [1.807, 2.05) is 0 Å². The lowest BCUT2D eigenvalue weighted by atomic mass is 9.75. The number of aliphatic hydroxyl groups excluding tert-OH is 4. The summed E-state index contributed by atoms with van der Waals surface area (Å²) in [6.45, 7) is 13.3. The van der Waals surface area contributed by atoms with Crippen molar-refractivity contribution in [2.45, 2.75) is 104 Å². The summed E-state index contributed by atoms with van der Waals surface area (Å²) in [5.74, 6) is 0.359. The van der Waals surface area contributed by atoms with E-state index in [1.54, 1.807) is 0 Å². The molecule has 0 radical (unpaired) electrons. The summed E-state index contributed by atoms with van der Waals surface area (Å²) in [4.78, 5) is 19.5. The van der Waals surface area contributed by atoms with Crippen LogP contribution in [0.5, 0.6) is 0 Å². The minimum absolute atomic E-state index is 0.0289. The van der Waals surface area contributed by atoms with Crippen LogP contribution in [0.25, 0.3) is 0 Å². The van der Waals surface area contributed by atoms with Gasteiger partial charge in [-0.3, -0.25) is 0 Å². The molecule has 2 fully saturated rings. The molecule has 8 nitrogen and oxygen atoms in total. The standard InChI is InChI=1S/2C10H20O.C4H6O6/c2*1-7(2)9-5-4-8(3)6-10(9)11;5-1(3(7)8)2(6)4(9)10/h2*7-11H,4-6H2,1-3H3;1-2,5-6H,(H,7,8)(H,9,10). The molecule has 0 aromatic heterocycles. The van der Waals surface area contributed by atoms with Crippen LogP contribution in [0.2, 0.25) is 0 Å². The SMILES string of the molecule is CC1CCC(C(C)C)C(O)C1.CC1CCC(C(C)C)C(O)C1.O=C(O)C(O)C(O)C(=O)O. The molecule has 0 saturated heterocycles. The van der Waals surface area contributed by atoms with Crippen molar-refractivity contribution in [1.82, 2.24) is 0 Å². The highest BCUT2D eigenvalue weighted by Crippen LogP contribution is 2.34. The summed E-state index contributed by atoms with van der Waals surface area (Å²) in [6, 6.07) is 0. The molecule has 0 spiro atoms. The lowest BCUT2D eigenvalue weighted by molar-refractivity contribution is -0.165. The van der Waals surface area contributed by atoms with Crippen molar-refractivity contribution in [2.24, 2.45) is 35.5 Å². The highest BCUT2D eigenvalue weighted by molar-refractivity contribution is 5.83.